The zero-order valence-corrected chi connectivity index (χ0v) is 15.6. The molecule has 0 aromatic heterocycles. The monoisotopic (exact) mass is 418 g/mol. The van der Waals surface area contributed by atoms with Crippen molar-refractivity contribution < 1.29 is 9.47 Å². The summed E-state index contributed by atoms with van der Waals surface area (Å²) < 4.78 is 12.4. The molecule has 5 heteroatoms. The number of benzene rings is 1. The molecule has 0 saturated carbocycles. The van der Waals surface area contributed by atoms with Crippen LogP contribution in [0.15, 0.2) is 18.2 Å². The molecule has 0 bridgehead atoms. The third kappa shape index (κ3) is 6.81. The Morgan fingerprint density at radius 3 is 2.82 bits per heavy atom. The molecule has 1 aliphatic heterocycles. The van der Waals surface area contributed by atoms with Gasteiger partial charge in [0.2, 0.25) is 0 Å². The van der Waals surface area contributed by atoms with Gasteiger partial charge in [-0.25, -0.2) is 0 Å². The number of rotatable bonds is 9. The molecule has 1 N–H and O–H groups in total. The maximum atomic E-state index is 5.84. The first-order chi connectivity index (χ1) is 10.8. The van der Waals surface area contributed by atoms with Crippen molar-refractivity contribution in [2.24, 2.45) is 0 Å². The third-order valence-corrected chi connectivity index (χ3v) is 4.64. The van der Waals surface area contributed by atoms with E-state index in [1.165, 1.54) is 9.13 Å². The summed E-state index contributed by atoms with van der Waals surface area (Å²) in [5.41, 5.74) is 1.28. The molecule has 0 radical (unpaired) electrons. The zero-order valence-electron chi connectivity index (χ0n) is 13.4. The molecule has 1 fully saturated rings. The Labute approximate surface area is 147 Å². The Hall–Kier alpha value is -0.370. The number of hydrogen-bond acceptors (Lipinski definition) is 4. The number of morpholine rings is 1. The molecular formula is C17H27IN2O2. The summed E-state index contributed by atoms with van der Waals surface area (Å²) >= 11 is 2.34. The van der Waals surface area contributed by atoms with Crippen LogP contribution in [0, 0.1) is 10.5 Å². The molecule has 2 rings (SSSR count). The summed E-state index contributed by atoms with van der Waals surface area (Å²) in [5.74, 6) is 1.01. The number of nitrogens with one attached hydrogen (secondary N) is 1. The average Bonchev–Trinajstić information content (AvgIpc) is 2.52. The predicted molar refractivity (Wildman–Crippen MR) is 98.8 cm³/mol. The van der Waals surface area contributed by atoms with E-state index in [-0.39, 0.29) is 0 Å². The molecule has 0 spiro atoms. The van der Waals surface area contributed by atoms with Crippen molar-refractivity contribution in [1.29, 1.82) is 0 Å². The van der Waals surface area contributed by atoms with E-state index in [0.29, 0.717) is 0 Å². The maximum Gasteiger partial charge on any atom is 0.132 e. The van der Waals surface area contributed by atoms with Gasteiger partial charge in [0.1, 0.15) is 5.75 Å². The van der Waals surface area contributed by atoms with E-state index < -0.39 is 0 Å². The average molecular weight is 418 g/mol. The van der Waals surface area contributed by atoms with Crippen molar-refractivity contribution in [3.8, 4) is 5.75 Å². The van der Waals surface area contributed by atoms with Gasteiger partial charge in [0.15, 0.2) is 0 Å². The standard InChI is InChI=1S/C17H27IN2O2/c1-15-4-5-17(16(18)14-15)22-11-3-2-6-19-7-8-20-9-12-21-13-10-20/h4-5,14,19H,2-3,6-13H2,1H3. The van der Waals surface area contributed by atoms with E-state index in [1.807, 2.05) is 0 Å². The van der Waals surface area contributed by atoms with Gasteiger partial charge < -0.3 is 14.8 Å². The second-order valence-corrected chi connectivity index (χ2v) is 6.86. The highest BCUT2D eigenvalue weighted by molar-refractivity contribution is 14.1. The highest BCUT2D eigenvalue weighted by Gasteiger charge is 2.08. The lowest BCUT2D eigenvalue weighted by Gasteiger charge is -2.26. The largest absolute Gasteiger partial charge is 0.492 e. The topological polar surface area (TPSA) is 33.7 Å². The van der Waals surface area contributed by atoms with E-state index in [4.69, 9.17) is 9.47 Å². The number of halogens is 1. The van der Waals surface area contributed by atoms with E-state index in [0.717, 1.165) is 71.1 Å². The first-order valence-corrected chi connectivity index (χ1v) is 9.23. The van der Waals surface area contributed by atoms with Crippen molar-refractivity contribution in [2.75, 3.05) is 52.5 Å². The molecule has 1 saturated heterocycles. The number of nitrogens with zero attached hydrogens (tertiary/aromatic N) is 1. The number of unbranched alkanes of at least 4 members (excludes halogenated alkanes) is 1. The van der Waals surface area contributed by atoms with Crippen LogP contribution in [0.5, 0.6) is 5.75 Å². The Morgan fingerprint density at radius 2 is 2.05 bits per heavy atom. The van der Waals surface area contributed by atoms with Crippen LogP contribution >= 0.6 is 22.6 Å². The molecule has 0 aliphatic carbocycles. The van der Waals surface area contributed by atoms with Crippen molar-refractivity contribution in [1.82, 2.24) is 10.2 Å². The highest BCUT2D eigenvalue weighted by Crippen LogP contribution is 2.21. The van der Waals surface area contributed by atoms with E-state index in [1.54, 1.807) is 0 Å². The van der Waals surface area contributed by atoms with Gasteiger partial charge in [0.05, 0.1) is 23.4 Å². The predicted octanol–water partition coefficient (Wildman–Crippen LogP) is 2.68. The summed E-state index contributed by atoms with van der Waals surface area (Å²) in [6.07, 6.45) is 2.25. The van der Waals surface area contributed by atoms with Gasteiger partial charge in [-0.3, -0.25) is 4.90 Å². The number of hydrogen-bond donors (Lipinski definition) is 1. The van der Waals surface area contributed by atoms with Crippen LogP contribution in [0.4, 0.5) is 0 Å². The van der Waals surface area contributed by atoms with Gasteiger partial charge in [-0.2, -0.15) is 0 Å². The van der Waals surface area contributed by atoms with Gasteiger partial charge in [0, 0.05) is 26.2 Å². The van der Waals surface area contributed by atoms with Gasteiger partial charge in [-0.05, 0) is 66.6 Å². The Kier molecular flexibility index (Phi) is 8.51. The van der Waals surface area contributed by atoms with E-state index in [2.05, 4.69) is 57.9 Å². The quantitative estimate of drug-likeness (QED) is 0.494. The second-order valence-electron chi connectivity index (χ2n) is 5.69. The molecular weight excluding hydrogens is 391 g/mol. The fraction of sp³-hybridized carbons (Fsp3) is 0.647. The van der Waals surface area contributed by atoms with Crippen LogP contribution in [0.25, 0.3) is 0 Å². The Morgan fingerprint density at radius 1 is 1.23 bits per heavy atom. The maximum absolute atomic E-state index is 5.84. The molecule has 1 aliphatic rings. The lowest BCUT2D eigenvalue weighted by Crippen LogP contribution is -2.40. The van der Waals surface area contributed by atoms with Gasteiger partial charge in [-0.1, -0.05) is 6.07 Å². The lowest BCUT2D eigenvalue weighted by molar-refractivity contribution is 0.0384. The van der Waals surface area contributed by atoms with Crippen LogP contribution in [-0.2, 0) is 4.74 Å². The van der Waals surface area contributed by atoms with Crippen molar-refractivity contribution in [3.05, 3.63) is 27.3 Å². The van der Waals surface area contributed by atoms with Crippen LogP contribution in [0.3, 0.4) is 0 Å². The van der Waals surface area contributed by atoms with Crippen molar-refractivity contribution in [2.45, 2.75) is 19.8 Å². The van der Waals surface area contributed by atoms with Crippen LogP contribution in [0.1, 0.15) is 18.4 Å². The summed E-state index contributed by atoms with van der Waals surface area (Å²) in [6, 6.07) is 6.32. The lowest BCUT2D eigenvalue weighted by atomic mass is 10.2. The minimum absolute atomic E-state index is 0.796. The smallest absolute Gasteiger partial charge is 0.132 e. The minimum atomic E-state index is 0.796. The summed E-state index contributed by atoms with van der Waals surface area (Å²) in [7, 11) is 0. The molecule has 1 aromatic rings. The Balaban J connectivity index is 1.45. The second kappa shape index (κ2) is 10.4. The fourth-order valence-corrected chi connectivity index (χ4v) is 3.27. The summed E-state index contributed by atoms with van der Waals surface area (Å²) in [4.78, 5) is 2.46. The summed E-state index contributed by atoms with van der Waals surface area (Å²) in [6.45, 7) is 10.1. The van der Waals surface area contributed by atoms with E-state index >= 15 is 0 Å². The van der Waals surface area contributed by atoms with Gasteiger partial charge in [-0.15, -0.1) is 0 Å². The van der Waals surface area contributed by atoms with Crippen LogP contribution < -0.4 is 10.1 Å². The number of aryl methyl sites for hydroxylation is 1. The number of ether oxygens (including phenoxy) is 2. The van der Waals surface area contributed by atoms with Gasteiger partial charge >= 0.3 is 0 Å². The molecule has 0 atom stereocenters. The normalized spacial score (nSPS) is 15.9. The molecule has 1 aromatic carbocycles. The third-order valence-electron chi connectivity index (χ3n) is 3.80. The van der Waals surface area contributed by atoms with Crippen molar-refractivity contribution in [3.63, 3.8) is 0 Å². The first-order valence-electron chi connectivity index (χ1n) is 8.15. The SMILES string of the molecule is Cc1ccc(OCCCCNCCN2CCOCC2)c(I)c1. The zero-order chi connectivity index (χ0) is 15.6. The van der Waals surface area contributed by atoms with Crippen LogP contribution in [-0.4, -0.2) is 57.4 Å². The minimum Gasteiger partial charge on any atom is -0.492 e. The first kappa shape index (κ1) is 18.0. The van der Waals surface area contributed by atoms with Crippen LogP contribution in [0.2, 0.25) is 0 Å². The van der Waals surface area contributed by atoms with Gasteiger partial charge in [0.25, 0.3) is 0 Å². The molecule has 1 heterocycles. The molecule has 22 heavy (non-hydrogen) atoms. The highest BCUT2D eigenvalue weighted by atomic mass is 127. The Bertz CT molecular complexity index is 437. The molecule has 4 nitrogen and oxygen atoms in total. The fourth-order valence-electron chi connectivity index (χ4n) is 2.44. The molecule has 124 valence electrons. The molecule has 0 amide bonds. The molecule has 0 unspecified atom stereocenters. The van der Waals surface area contributed by atoms with Crippen molar-refractivity contribution >= 4 is 22.6 Å². The van der Waals surface area contributed by atoms with E-state index in [9.17, 15) is 0 Å². The summed E-state index contributed by atoms with van der Waals surface area (Å²) in [5, 5.41) is 3.51.